The fraction of sp³-hybridized carbons (Fsp3) is 0.130. The number of aromatic nitrogens is 2. The maximum atomic E-state index is 12.8. The summed E-state index contributed by atoms with van der Waals surface area (Å²) in [6.45, 7) is 4.61. The summed E-state index contributed by atoms with van der Waals surface area (Å²) in [5, 5.41) is 8.19. The predicted molar refractivity (Wildman–Crippen MR) is 125 cm³/mol. The molecule has 0 amide bonds. The van der Waals surface area contributed by atoms with Crippen LogP contribution in [0.3, 0.4) is 0 Å². The number of hydrogen-bond acceptors (Lipinski definition) is 6. The van der Waals surface area contributed by atoms with E-state index in [2.05, 4.69) is 25.3 Å². The highest BCUT2D eigenvalue weighted by atomic mass is 32.2. The van der Waals surface area contributed by atoms with Crippen molar-refractivity contribution in [1.29, 1.82) is 0 Å². The van der Waals surface area contributed by atoms with E-state index in [-0.39, 0.29) is 4.90 Å². The molecule has 4 rings (SSSR count). The Morgan fingerprint density at radius 2 is 1.55 bits per heavy atom. The minimum Gasteiger partial charge on any atom is -0.354 e. The third-order valence-corrected chi connectivity index (χ3v) is 6.01. The van der Waals surface area contributed by atoms with Gasteiger partial charge in [-0.05, 0) is 61.0 Å². The number of nitrogens with zero attached hydrogens (tertiary/aromatic N) is 2. The van der Waals surface area contributed by atoms with E-state index in [1.807, 2.05) is 50.2 Å². The summed E-state index contributed by atoms with van der Waals surface area (Å²) in [5.74, 6) is 1.22. The lowest BCUT2D eigenvalue weighted by molar-refractivity contribution is 0.601. The molecule has 1 aromatic heterocycles. The van der Waals surface area contributed by atoms with E-state index in [0.29, 0.717) is 17.5 Å². The molecule has 0 fully saturated rings. The molecule has 0 atom stereocenters. The fourth-order valence-corrected chi connectivity index (χ4v) is 4.28. The molecular formula is C23H23N5O2S. The largest absolute Gasteiger partial charge is 0.354 e. The second-order valence-electron chi connectivity index (χ2n) is 7.07. The molecule has 1 heterocycles. The fourth-order valence-electron chi connectivity index (χ4n) is 3.19. The first-order valence-electron chi connectivity index (χ1n) is 9.91. The lowest BCUT2D eigenvalue weighted by atomic mass is 10.1. The molecule has 0 aliphatic rings. The van der Waals surface area contributed by atoms with Crippen molar-refractivity contribution in [2.45, 2.75) is 18.7 Å². The molecule has 0 aliphatic heterocycles. The van der Waals surface area contributed by atoms with Gasteiger partial charge in [0.1, 0.15) is 5.82 Å². The number of aryl methyl sites for hydroxylation is 1. The van der Waals surface area contributed by atoms with Crippen LogP contribution in [0.5, 0.6) is 0 Å². The average molecular weight is 434 g/mol. The van der Waals surface area contributed by atoms with Crippen LogP contribution in [-0.2, 0) is 10.0 Å². The predicted octanol–water partition coefficient (Wildman–Crippen LogP) is 4.91. The Labute approximate surface area is 181 Å². The Bertz CT molecular complexity index is 1320. The zero-order valence-corrected chi connectivity index (χ0v) is 18.1. The summed E-state index contributed by atoms with van der Waals surface area (Å²) in [6, 6.07) is 21.6. The van der Waals surface area contributed by atoms with Crippen molar-refractivity contribution >= 4 is 43.9 Å². The highest BCUT2D eigenvalue weighted by molar-refractivity contribution is 7.92. The van der Waals surface area contributed by atoms with Gasteiger partial charge in [0.25, 0.3) is 10.0 Å². The molecule has 0 bridgehead atoms. The van der Waals surface area contributed by atoms with E-state index in [4.69, 9.17) is 0 Å². The number of sulfonamides is 1. The minimum absolute atomic E-state index is 0.223. The van der Waals surface area contributed by atoms with Crippen LogP contribution in [-0.4, -0.2) is 24.9 Å². The van der Waals surface area contributed by atoms with E-state index >= 15 is 0 Å². The maximum absolute atomic E-state index is 12.8. The molecule has 3 aromatic carbocycles. The standard InChI is InChI=1S/C23H23N5O2S/c1-3-24-23-25-16(2)14-22(27-23)26-19-9-11-20(12-10-19)28-31(29,30)21-13-8-17-6-4-5-7-18(17)15-21/h4-15,28H,3H2,1-2H3,(H2,24,25,26,27). The normalized spacial score (nSPS) is 11.3. The lowest BCUT2D eigenvalue weighted by Crippen LogP contribution is -2.12. The van der Waals surface area contributed by atoms with Gasteiger partial charge in [-0.3, -0.25) is 4.72 Å². The molecule has 0 saturated carbocycles. The molecule has 0 aliphatic carbocycles. The Morgan fingerprint density at radius 3 is 2.29 bits per heavy atom. The van der Waals surface area contributed by atoms with Gasteiger partial charge in [0.05, 0.1) is 4.90 Å². The van der Waals surface area contributed by atoms with Crippen molar-refractivity contribution in [3.8, 4) is 0 Å². The minimum atomic E-state index is -3.69. The number of nitrogens with one attached hydrogen (secondary N) is 3. The van der Waals surface area contributed by atoms with Gasteiger partial charge in [0.2, 0.25) is 5.95 Å². The van der Waals surface area contributed by atoms with Gasteiger partial charge in [-0.2, -0.15) is 4.98 Å². The molecular weight excluding hydrogens is 410 g/mol. The van der Waals surface area contributed by atoms with Crippen molar-refractivity contribution in [3.63, 3.8) is 0 Å². The Balaban J connectivity index is 1.50. The summed E-state index contributed by atoms with van der Waals surface area (Å²) >= 11 is 0. The van der Waals surface area contributed by atoms with Gasteiger partial charge >= 0.3 is 0 Å². The van der Waals surface area contributed by atoms with E-state index in [1.165, 1.54) is 0 Å². The third kappa shape index (κ3) is 4.92. The van der Waals surface area contributed by atoms with Crippen molar-refractivity contribution in [1.82, 2.24) is 9.97 Å². The van der Waals surface area contributed by atoms with Crippen molar-refractivity contribution < 1.29 is 8.42 Å². The van der Waals surface area contributed by atoms with Crippen LogP contribution in [0, 0.1) is 6.92 Å². The quantitative estimate of drug-likeness (QED) is 0.383. The Hall–Kier alpha value is -3.65. The second kappa shape index (κ2) is 8.61. The molecule has 0 unspecified atom stereocenters. The SMILES string of the molecule is CCNc1nc(C)cc(Nc2ccc(NS(=O)(=O)c3ccc4ccccc4c3)cc2)n1. The van der Waals surface area contributed by atoms with Crippen molar-refractivity contribution in [3.05, 3.63) is 78.5 Å². The Kier molecular flexibility index (Phi) is 5.73. The highest BCUT2D eigenvalue weighted by Gasteiger charge is 2.14. The first-order valence-corrected chi connectivity index (χ1v) is 11.4. The van der Waals surface area contributed by atoms with Crippen LogP contribution in [0.4, 0.5) is 23.1 Å². The topological polar surface area (TPSA) is 96.0 Å². The Morgan fingerprint density at radius 1 is 0.839 bits per heavy atom. The molecule has 0 spiro atoms. The summed E-state index contributed by atoms with van der Waals surface area (Å²) in [5.41, 5.74) is 2.10. The molecule has 0 radical (unpaired) electrons. The van der Waals surface area contributed by atoms with Crippen LogP contribution < -0.4 is 15.4 Å². The molecule has 31 heavy (non-hydrogen) atoms. The molecule has 158 valence electrons. The van der Waals surface area contributed by atoms with Crippen LogP contribution >= 0.6 is 0 Å². The van der Waals surface area contributed by atoms with Gasteiger partial charge in [-0.15, -0.1) is 0 Å². The summed E-state index contributed by atoms with van der Waals surface area (Å²) < 4.78 is 28.2. The van der Waals surface area contributed by atoms with Crippen LogP contribution in [0.2, 0.25) is 0 Å². The smallest absolute Gasteiger partial charge is 0.261 e. The van der Waals surface area contributed by atoms with Gasteiger partial charge in [0, 0.05) is 29.7 Å². The number of anilines is 4. The van der Waals surface area contributed by atoms with Crippen molar-refractivity contribution in [2.75, 3.05) is 21.9 Å². The second-order valence-corrected chi connectivity index (χ2v) is 8.75. The van der Waals surface area contributed by atoms with Crippen molar-refractivity contribution in [2.24, 2.45) is 0 Å². The van der Waals surface area contributed by atoms with E-state index in [1.54, 1.807) is 36.4 Å². The highest BCUT2D eigenvalue weighted by Crippen LogP contribution is 2.23. The maximum Gasteiger partial charge on any atom is 0.261 e. The molecule has 0 saturated heterocycles. The molecule has 8 heteroatoms. The molecule has 3 N–H and O–H groups in total. The summed E-state index contributed by atoms with van der Waals surface area (Å²) in [6.07, 6.45) is 0. The van der Waals surface area contributed by atoms with Gasteiger partial charge in [-0.25, -0.2) is 13.4 Å². The third-order valence-electron chi connectivity index (χ3n) is 4.63. The number of hydrogen-bond donors (Lipinski definition) is 3. The van der Waals surface area contributed by atoms with Gasteiger partial charge < -0.3 is 10.6 Å². The molecule has 4 aromatic rings. The summed E-state index contributed by atoms with van der Waals surface area (Å²) in [7, 11) is -3.69. The number of rotatable bonds is 7. The lowest BCUT2D eigenvalue weighted by Gasteiger charge is -2.11. The first-order chi connectivity index (χ1) is 14.9. The molecule has 7 nitrogen and oxygen atoms in total. The average Bonchev–Trinajstić information content (AvgIpc) is 2.74. The number of fused-ring (bicyclic) bond motifs is 1. The van der Waals surface area contributed by atoms with Crippen LogP contribution in [0.25, 0.3) is 10.8 Å². The van der Waals surface area contributed by atoms with E-state index in [0.717, 1.165) is 28.7 Å². The zero-order chi connectivity index (χ0) is 21.8. The van der Waals surface area contributed by atoms with Crippen LogP contribution in [0.15, 0.2) is 77.7 Å². The van der Waals surface area contributed by atoms with Gasteiger partial charge in [-0.1, -0.05) is 30.3 Å². The monoisotopic (exact) mass is 433 g/mol. The first kappa shape index (κ1) is 20.6. The van der Waals surface area contributed by atoms with E-state index < -0.39 is 10.0 Å². The van der Waals surface area contributed by atoms with E-state index in [9.17, 15) is 8.42 Å². The number of benzene rings is 3. The summed E-state index contributed by atoms with van der Waals surface area (Å²) in [4.78, 5) is 8.97. The van der Waals surface area contributed by atoms with Gasteiger partial charge in [0.15, 0.2) is 0 Å². The van der Waals surface area contributed by atoms with Crippen LogP contribution in [0.1, 0.15) is 12.6 Å². The zero-order valence-electron chi connectivity index (χ0n) is 17.3.